The first-order valence-electron chi connectivity index (χ1n) is 5.33. The van der Waals surface area contributed by atoms with Crippen LogP contribution in [-0.2, 0) is 9.53 Å². The molecule has 0 aromatic rings. The van der Waals surface area contributed by atoms with Gasteiger partial charge >= 0.3 is 5.97 Å². The Morgan fingerprint density at radius 2 is 1.93 bits per heavy atom. The summed E-state index contributed by atoms with van der Waals surface area (Å²) in [6.45, 7) is 5.87. The molecule has 0 bridgehead atoms. The molecule has 1 aliphatic rings. The summed E-state index contributed by atoms with van der Waals surface area (Å²) >= 11 is 0. The Balaban J connectivity index is 2.42. The Hall–Kier alpha value is -0.570. The Morgan fingerprint density at radius 1 is 1.43 bits per heavy atom. The van der Waals surface area contributed by atoms with Crippen LogP contribution in [0.2, 0.25) is 0 Å². The third-order valence-electron chi connectivity index (χ3n) is 3.02. The van der Waals surface area contributed by atoms with Gasteiger partial charge in [-0.15, -0.1) is 0 Å². The molecule has 0 radical (unpaired) electrons. The quantitative estimate of drug-likeness (QED) is 0.761. The Morgan fingerprint density at radius 3 is 2.29 bits per heavy atom. The van der Waals surface area contributed by atoms with Crippen molar-refractivity contribution in [3.8, 4) is 0 Å². The molecule has 0 spiro atoms. The van der Waals surface area contributed by atoms with Crippen molar-refractivity contribution in [3.63, 3.8) is 0 Å². The molecule has 1 rings (SSSR count). The highest BCUT2D eigenvalue weighted by Gasteiger charge is 2.37. The number of hydrogen-bond donors (Lipinski definition) is 1. The summed E-state index contributed by atoms with van der Waals surface area (Å²) in [6, 6.07) is 0. The average molecular weight is 200 g/mol. The fourth-order valence-electron chi connectivity index (χ4n) is 1.96. The molecule has 1 aliphatic carbocycles. The van der Waals surface area contributed by atoms with E-state index < -0.39 is 11.4 Å². The third-order valence-corrected chi connectivity index (χ3v) is 3.02. The topological polar surface area (TPSA) is 46.5 Å². The van der Waals surface area contributed by atoms with Crippen LogP contribution in [0.15, 0.2) is 0 Å². The molecular formula is C11H20O3. The summed E-state index contributed by atoms with van der Waals surface area (Å²) in [6.07, 6.45) is 3.73. The smallest absolute Gasteiger partial charge is 0.309 e. The molecule has 0 saturated heterocycles. The van der Waals surface area contributed by atoms with E-state index in [1.54, 1.807) is 0 Å². The molecule has 1 N–H and O–H groups in total. The summed E-state index contributed by atoms with van der Waals surface area (Å²) in [7, 11) is 0. The molecule has 14 heavy (non-hydrogen) atoms. The number of ether oxygens (including phenoxy) is 1. The van der Waals surface area contributed by atoms with Crippen LogP contribution in [0.3, 0.4) is 0 Å². The van der Waals surface area contributed by atoms with Gasteiger partial charge in [-0.1, -0.05) is 0 Å². The molecular weight excluding hydrogens is 180 g/mol. The Kier molecular flexibility index (Phi) is 3.53. The van der Waals surface area contributed by atoms with E-state index in [2.05, 4.69) is 0 Å². The molecule has 3 nitrogen and oxygen atoms in total. The van der Waals surface area contributed by atoms with Gasteiger partial charge in [0.15, 0.2) is 0 Å². The average Bonchev–Trinajstić information content (AvgIpc) is 2.08. The minimum atomic E-state index is -0.666. The molecule has 3 heteroatoms. The molecule has 82 valence electrons. The van der Waals surface area contributed by atoms with Gasteiger partial charge in [-0.25, -0.2) is 0 Å². The van der Waals surface area contributed by atoms with Crippen molar-refractivity contribution >= 4 is 5.97 Å². The highest BCUT2D eigenvalue weighted by atomic mass is 16.5. The normalized spacial score (nSPS) is 33.3. The minimum absolute atomic E-state index is 0.245. The molecule has 0 amide bonds. The number of hydrogen-bond acceptors (Lipinski definition) is 2. The molecule has 0 unspecified atom stereocenters. The van der Waals surface area contributed by atoms with Gasteiger partial charge in [0.1, 0.15) is 0 Å². The van der Waals surface area contributed by atoms with Gasteiger partial charge in [0.05, 0.1) is 17.6 Å². The van der Waals surface area contributed by atoms with Gasteiger partial charge in [-0.2, -0.15) is 0 Å². The van der Waals surface area contributed by atoms with Crippen molar-refractivity contribution in [1.82, 2.24) is 0 Å². The van der Waals surface area contributed by atoms with Crippen molar-refractivity contribution in [2.75, 3.05) is 0 Å². The Labute approximate surface area is 85.5 Å². The minimum Gasteiger partial charge on any atom is -0.481 e. The van der Waals surface area contributed by atoms with Crippen LogP contribution in [0.1, 0.15) is 46.5 Å². The van der Waals surface area contributed by atoms with Gasteiger partial charge in [0, 0.05) is 0 Å². The van der Waals surface area contributed by atoms with Crippen LogP contribution in [0, 0.1) is 5.41 Å². The standard InChI is InChI=1S/C11H20O3/c1-8(2)14-9-4-6-11(3,7-5-9)10(12)13/h8-9H,4-7H2,1-3H3,(H,12,13). The fraction of sp³-hybridized carbons (Fsp3) is 0.909. The summed E-state index contributed by atoms with van der Waals surface area (Å²) in [5.41, 5.74) is -0.517. The number of carboxylic acid groups (broad SMARTS) is 1. The molecule has 0 aromatic carbocycles. The SMILES string of the molecule is CC(C)OC1CCC(C)(C(=O)O)CC1. The Bertz CT molecular complexity index is 203. The molecule has 0 atom stereocenters. The van der Waals surface area contributed by atoms with Crippen LogP contribution in [-0.4, -0.2) is 23.3 Å². The highest BCUT2D eigenvalue weighted by molar-refractivity contribution is 5.74. The van der Waals surface area contributed by atoms with E-state index in [0.29, 0.717) is 0 Å². The molecule has 1 saturated carbocycles. The second kappa shape index (κ2) is 4.30. The third kappa shape index (κ3) is 2.71. The van der Waals surface area contributed by atoms with Crippen molar-refractivity contribution in [3.05, 3.63) is 0 Å². The van der Waals surface area contributed by atoms with Crippen molar-refractivity contribution in [1.29, 1.82) is 0 Å². The van der Waals surface area contributed by atoms with Crippen LogP contribution in [0.5, 0.6) is 0 Å². The van der Waals surface area contributed by atoms with E-state index in [4.69, 9.17) is 9.84 Å². The lowest BCUT2D eigenvalue weighted by Crippen LogP contribution is -2.35. The zero-order chi connectivity index (χ0) is 10.8. The van der Waals surface area contributed by atoms with Crippen molar-refractivity contribution in [2.24, 2.45) is 5.41 Å². The second-order valence-electron chi connectivity index (χ2n) is 4.75. The number of carbonyl (C=O) groups is 1. The van der Waals surface area contributed by atoms with E-state index in [-0.39, 0.29) is 12.2 Å². The molecule has 1 fully saturated rings. The zero-order valence-electron chi connectivity index (χ0n) is 9.25. The van der Waals surface area contributed by atoms with Gasteiger partial charge in [-0.05, 0) is 46.5 Å². The maximum absolute atomic E-state index is 11.0. The summed E-state index contributed by atoms with van der Waals surface area (Å²) in [5, 5.41) is 9.02. The van der Waals surface area contributed by atoms with Crippen LogP contribution in [0.4, 0.5) is 0 Å². The lowest BCUT2D eigenvalue weighted by atomic mass is 9.75. The van der Waals surface area contributed by atoms with Gasteiger partial charge in [0.25, 0.3) is 0 Å². The zero-order valence-corrected chi connectivity index (χ0v) is 9.25. The van der Waals surface area contributed by atoms with Crippen LogP contribution in [0.25, 0.3) is 0 Å². The maximum Gasteiger partial charge on any atom is 0.309 e. The summed E-state index contributed by atoms with van der Waals surface area (Å²) in [5.74, 6) is -0.666. The summed E-state index contributed by atoms with van der Waals surface area (Å²) in [4.78, 5) is 11.0. The molecule has 0 heterocycles. The first-order chi connectivity index (χ1) is 6.44. The van der Waals surface area contributed by atoms with Gasteiger partial charge in [-0.3, -0.25) is 4.79 Å². The number of rotatable bonds is 3. The molecule has 0 aromatic heterocycles. The maximum atomic E-state index is 11.0. The largest absolute Gasteiger partial charge is 0.481 e. The first-order valence-corrected chi connectivity index (χ1v) is 5.33. The molecule has 0 aliphatic heterocycles. The first kappa shape index (κ1) is 11.5. The van der Waals surface area contributed by atoms with Crippen LogP contribution >= 0.6 is 0 Å². The van der Waals surface area contributed by atoms with E-state index in [1.807, 2.05) is 20.8 Å². The lowest BCUT2D eigenvalue weighted by Gasteiger charge is -2.34. The van der Waals surface area contributed by atoms with E-state index in [1.165, 1.54) is 0 Å². The van der Waals surface area contributed by atoms with Crippen LogP contribution < -0.4 is 0 Å². The monoisotopic (exact) mass is 200 g/mol. The van der Waals surface area contributed by atoms with Crippen molar-refractivity contribution < 1.29 is 14.6 Å². The van der Waals surface area contributed by atoms with E-state index in [0.717, 1.165) is 25.7 Å². The van der Waals surface area contributed by atoms with Crippen molar-refractivity contribution in [2.45, 2.75) is 58.7 Å². The van der Waals surface area contributed by atoms with E-state index in [9.17, 15) is 4.79 Å². The van der Waals surface area contributed by atoms with Gasteiger partial charge in [0.2, 0.25) is 0 Å². The summed E-state index contributed by atoms with van der Waals surface area (Å²) < 4.78 is 5.67. The predicted octanol–water partition coefficient (Wildman–Crippen LogP) is 2.44. The second-order valence-corrected chi connectivity index (χ2v) is 4.75. The van der Waals surface area contributed by atoms with Gasteiger partial charge < -0.3 is 9.84 Å². The number of aliphatic carboxylic acids is 1. The predicted molar refractivity (Wildman–Crippen MR) is 54.2 cm³/mol. The lowest BCUT2D eigenvalue weighted by molar-refractivity contribution is -0.152. The van der Waals surface area contributed by atoms with E-state index >= 15 is 0 Å². The fourth-order valence-corrected chi connectivity index (χ4v) is 1.96. The highest BCUT2D eigenvalue weighted by Crippen LogP contribution is 2.37. The number of carboxylic acids is 1.